The van der Waals surface area contributed by atoms with E-state index in [-0.39, 0.29) is 23.5 Å². The second-order valence-corrected chi connectivity index (χ2v) is 6.49. The predicted octanol–water partition coefficient (Wildman–Crippen LogP) is 0.185. The summed E-state index contributed by atoms with van der Waals surface area (Å²) in [7, 11) is -0.474. The van der Waals surface area contributed by atoms with Crippen LogP contribution in [0.15, 0.2) is 41.4 Å². The molecule has 8 nitrogen and oxygen atoms in total. The highest BCUT2D eigenvalue weighted by Gasteiger charge is 2.19. The topological polar surface area (TPSA) is 116 Å². The summed E-state index contributed by atoms with van der Waals surface area (Å²) in [6.07, 6.45) is 1.63. The number of hydrogen-bond acceptors (Lipinski definition) is 5. The number of benzene rings is 1. The van der Waals surface area contributed by atoms with Crippen LogP contribution in [0.4, 0.5) is 0 Å². The number of sulfonamides is 1. The lowest BCUT2D eigenvalue weighted by molar-refractivity contribution is 0.0892. The van der Waals surface area contributed by atoms with Gasteiger partial charge in [0.25, 0.3) is 5.91 Å². The minimum atomic E-state index is -3.78. The maximum Gasteiger partial charge on any atom is 0.251 e. The quantitative estimate of drug-likeness (QED) is 0.779. The Kier molecular flexibility index (Phi) is 5.14. The molecule has 1 amide bonds. The van der Waals surface area contributed by atoms with Crippen molar-refractivity contribution in [3.05, 3.63) is 47.8 Å². The Morgan fingerprint density at radius 2 is 2.00 bits per heavy atom. The van der Waals surface area contributed by atoms with Crippen molar-refractivity contribution in [2.45, 2.75) is 10.9 Å². The molecule has 124 valence electrons. The van der Waals surface area contributed by atoms with Gasteiger partial charge >= 0.3 is 0 Å². The SMILES string of the molecule is COC[C@@H](NC(=O)c1ccc(S(N)(=O)=O)cc1)c1ccnn1C. The molecule has 0 aliphatic heterocycles. The summed E-state index contributed by atoms with van der Waals surface area (Å²) in [6, 6.07) is 6.80. The van der Waals surface area contributed by atoms with Crippen LogP contribution in [0.3, 0.4) is 0 Å². The number of aryl methyl sites for hydroxylation is 1. The Hall–Kier alpha value is -2.23. The van der Waals surface area contributed by atoms with E-state index in [1.165, 1.54) is 31.4 Å². The average Bonchev–Trinajstić information content (AvgIpc) is 2.92. The first-order valence-corrected chi connectivity index (χ1v) is 8.28. The van der Waals surface area contributed by atoms with Gasteiger partial charge in [0.2, 0.25) is 10.0 Å². The van der Waals surface area contributed by atoms with Crippen molar-refractivity contribution in [3.8, 4) is 0 Å². The van der Waals surface area contributed by atoms with E-state index in [1.54, 1.807) is 24.0 Å². The van der Waals surface area contributed by atoms with Crippen LogP contribution in [0.2, 0.25) is 0 Å². The van der Waals surface area contributed by atoms with Gasteiger partial charge < -0.3 is 10.1 Å². The zero-order valence-corrected chi connectivity index (χ0v) is 13.6. The molecule has 0 unspecified atom stereocenters. The van der Waals surface area contributed by atoms with E-state index < -0.39 is 10.0 Å². The van der Waals surface area contributed by atoms with Crippen LogP contribution in [0.1, 0.15) is 22.1 Å². The first-order chi connectivity index (χ1) is 10.8. The van der Waals surface area contributed by atoms with Crippen LogP contribution in [-0.2, 0) is 21.8 Å². The summed E-state index contributed by atoms with van der Waals surface area (Å²) < 4.78 is 29.2. The first kappa shape index (κ1) is 17.1. The number of amides is 1. The largest absolute Gasteiger partial charge is 0.382 e. The zero-order chi connectivity index (χ0) is 17.0. The predicted molar refractivity (Wildman–Crippen MR) is 83.1 cm³/mol. The van der Waals surface area contributed by atoms with Gasteiger partial charge in [-0.1, -0.05) is 0 Å². The highest BCUT2D eigenvalue weighted by Crippen LogP contribution is 2.14. The van der Waals surface area contributed by atoms with E-state index in [0.717, 1.165) is 5.69 Å². The first-order valence-electron chi connectivity index (χ1n) is 6.73. The number of methoxy groups -OCH3 is 1. The van der Waals surface area contributed by atoms with Crippen molar-refractivity contribution in [3.63, 3.8) is 0 Å². The molecule has 9 heteroatoms. The molecule has 2 rings (SSSR count). The second kappa shape index (κ2) is 6.90. The Morgan fingerprint density at radius 1 is 1.35 bits per heavy atom. The number of rotatable bonds is 6. The van der Waals surface area contributed by atoms with Crippen LogP contribution in [0.25, 0.3) is 0 Å². The smallest absolute Gasteiger partial charge is 0.251 e. The number of carbonyl (C=O) groups is 1. The van der Waals surface area contributed by atoms with E-state index in [4.69, 9.17) is 9.88 Å². The van der Waals surface area contributed by atoms with Crippen molar-refractivity contribution >= 4 is 15.9 Å². The van der Waals surface area contributed by atoms with Crippen LogP contribution < -0.4 is 10.5 Å². The molecule has 2 aromatic rings. The normalized spacial score (nSPS) is 12.8. The Labute approximate surface area is 134 Å². The van der Waals surface area contributed by atoms with Gasteiger partial charge in [0.1, 0.15) is 0 Å². The number of nitrogens with one attached hydrogen (secondary N) is 1. The molecule has 23 heavy (non-hydrogen) atoms. The zero-order valence-electron chi connectivity index (χ0n) is 12.8. The lowest BCUT2D eigenvalue weighted by Gasteiger charge is -2.18. The van der Waals surface area contributed by atoms with E-state index in [0.29, 0.717) is 5.56 Å². The van der Waals surface area contributed by atoms with Crippen LogP contribution in [0, 0.1) is 0 Å². The molecule has 1 aromatic heterocycles. The van der Waals surface area contributed by atoms with E-state index in [9.17, 15) is 13.2 Å². The van der Waals surface area contributed by atoms with Gasteiger partial charge in [0, 0.05) is 25.9 Å². The Bertz CT molecular complexity index is 783. The molecule has 0 aliphatic rings. The summed E-state index contributed by atoms with van der Waals surface area (Å²) >= 11 is 0. The van der Waals surface area contributed by atoms with Crippen molar-refractivity contribution in [2.24, 2.45) is 12.2 Å². The maximum atomic E-state index is 12.3. The second-order valence-electron chi connectivity index (χ2n) is 4.93. The molecule has 0 spiro atoms. The van der Waals surface area contributed by atoms with Gasteiger partial charge in [-0.2, -0.15) is 5.10 Å². The fraction of sp³-hybridized carbons (Fsp3) is 0.286. The van der Waals surface area contributed by atoms with Gasteiger partial charge in [-0.3, -0.25) is 9.48 Å². The summed E-state index contributed by atoms with van der Waals surface area (Å²) in [5.74, 6) is -0.353. The summed E-state index contributed by atoms with van der Waals surface area (Å²) in [4.78, 5) is 12.3. The molecule has 1 atom stereocenters. The number of aromatic nitrogens is 2. The van der Waals surface area contributed by atoms with Crippen molar-refractivity contribution in [1.29, 1.82) is 0 Å². The molecule has 3 N–H and O–H groups in total. The molecule has 0 bridgehead atoms. The third-order valence-electron chi connectivity index (χ3n) is 3.30. The molecule has 1 heterocycles. The summed E-state index contributed by atoms with van der Waals surface area (Å²) in [5.41, 5.74) is 1.11. The summed E-state index contributed by atoms with van der Waals surface area (Å²) in [6.45, 7) is 0.278. The van der Waals surface area contributed by atoms with Crippen molar-refractivity contribution in [1.82, 2.24) is 15.1 Å². The van der Waals surface area contributed by atoms with Gasteiger partial charge in [-0.05, 0) is 30.3 Å². The molecule has 0 aliphatic carbocycles. The van der Waals surface area contributed by atoms with Crippen molar-refractivity contribution < 1.29 is 17.9 Å². The molecule has 0 fully saturated rings. The van der Waals surface area contributed by atoms with Crippen LogP contribution in [0.5, 0.6) is 0 Å². The Balaban J connectivity index is 2.17. The van der Waals surface area contributed by atoms with Crippen LogP contribution in [-0.4, -0.2) is 37.8 Å². The lowest BCUT2D eigenvalue weighted by Crippen LogP contribution is -2.32. The Morgan fingerprint density at radius 3 is 2.48 bits per heavy atom. The van der Waals surface area contributed by atoms with E-state index in [1.807, 2.05) is 0 Å². The average molecular weight is 338 g/mol. The number of carbonyl (C=O) groups excluding carboxylic acids is 1. The fourth-order valence-corrected chi connectivity index (χ4v) is 2.65. The minimum absolute atomic E-state index is 0.0471. The fourth-order valence-electron chi connectivity index (χ4n) is 2.13. The van der Waals surface area contributed by atoms with E-state index in [2.05, 4.69) is 10.4 Å². The monoisotopic (exact) mass is 338 g/mol. The molecule has 0 saturated heterocycles. The maximum absolute atomic E-state index is 12.3. The third kappa shape index (κ3) is 4.15. The van der Waals surface area contributed by atoms with Gasteiger partial charge in [-0.15, -0.1) is 0 Å². The molecule has 0 saturated carbocycles. The van der Waals surface area contributed by atoms with Gasteiger partial charge in [0.05, 0.1) is 23.2 Å². The number of nitrogens with zero attached hydrogens (tertiary/aromatic N) is 2. The molecule has 0 radical (unpaired) electrons. The third-order valence-corrected chi connectivity index (χ3v) is 4.23. The molecule has 1 aromatic carbocycles. The van der Waals surface area contributed by atoms with Gasteiger partial charge in [-0.25, -0.2) is 13.6 Å². The highest BCUT2D eigenvalue weighted by molar-refractivity contribution is 7.89. The standard InChI is InChI=1S/C14H18N4O4S/c1-18-13(7-8-16-18)12(9-22-2)17-14(19)10-3-5-11(6-4-10)23(15,20)21/h3-8,12H,9H2,1-2H3,(H,17,19)(H2,15,20,21)/t12-/m1/s1. The molecular weight excluding hydrogens is 320 g/mol. The number of primary sulfonamides is 1. The summed E-state index contributed by atoms with van der Waals surface area (Å²) in [5, 5.41) is 11.9. The van der Waals surface area contributed by atoms with Crippen LogP contribution >= 0.6 is 0 Å². The number of nitrogens with two attached hydrogens (primary N) is 1. The number of hydrogen-bond donors (Lipinski definition) is 2. The number of ether oxygens (including phenoxy) is 1. The minimum Gasteiger partial charge on any atom is -0.382 e. The van der Waals surface area contributed by atoms with E-state index >= 15 is 0 Å². The highest BCUT2D eigenvalue weighted by atomic mass is 32.2. The molecular formula is C14H18N4O4S. The van der Waals surface area contributed by atoms with Crippen molar-refractivity contribution in [2.75, 3.05) is 13.7 Å². The van der Waals surface area contributed by atoms with Gasteiger partial charge in [0.15, 0.2) is 0 Å². The lowest BCUT2D eigenvalue weighted by atomic mass is 10.1.